The third-order valence-electron chi connectivity index (χ3n) is 5.77. The molecule has 0 aliphatic carbocycles. The van der Waals surface area contributed by atoms with Gasteiger partial charge in [0.25, 0.3) is 0 Å². The topological polar surface area (TPSA) is 69.0 Å². The van der Waals surface area contributed by atoms with E-state index in [-0.39, 0.29) is 0 Å². The summed E-state index contributed by atoms with van der Waals surface area (Å²) in [7, 11) is 0. The predicted molar refractivity (Wildman–Crippen MR) is 124 cm³/mol. The van der Waals surface area contributed by atoms with Crippen molar-refractivity contribution in [2.24, 2.45) is 0 Å². The van der Waals surface area contributed by atoms with Crippen LogP contribution in [0.25, 0.3) is 28.3 Å². The Balaban J connectivity index is 1.40. The van der Waals surface area contributed by atoms with Crippen LogP contribution < -0.4 is 4.74 Å². The van der Waals surface area contributed by atoms with E-state index < -0.39 is 0 Å². The van der Waals surface area contributed by atoms with Crippen molar-refractivity contribution in [3.8, 4) is 34.1 Å². The maximum Gasteiger partial charge on any atom is 0.155 e. The van der Waals surface area contributed by atoms with E-state index in [1.807, 2.05) is 55.6 Å². The van der Waals surface area contributed by atoms with Gasteiger partial charge in [0.15, 0.2) is 5.82 Å². The molecule has 7 nitrogen and oxygen atoms in total. The zero-order chi connectivity index (χ0) is 21.8. The maximum atomic E-state index is 5.96. The maximum absolute atomic E-state index is 5.96. The zero-order valence-electron chi connectivity index (χ0n) is 18.2. The number of ether oxygens (including phenoxy) is 1. The number of pyridine rings is 2. The number of hydrogen-bond acceptors (Lipinski definition) is 6. The van der Waals surface area contributed by atoms with E-state index in [4.69, 9.17) is 4.74 Å². The van der Waals surface area contributed by atoms with Gasteiger partial charge < -0.3 is 4.74 Å². The lowest BCUT2D eigenvalue weighted by atomic mass is 10.0. The Hall–Kier alpha value is -3.58. The van der Waals surface area contributed by atoms with E-state index in [2.05, 4.69) is 37.3 Å². The Kier molecular flexibility index (Phi) is 5.89. The van der Waals surface area contributed by atoms with Crippen LogP contribution in [0.1, 0.15) is 18.5 Å². The van der Waals surface area contributed by atoms with Crippen LogP contribution >= 0.6 is 0 Å². The Morgan fingerprint density at radius 2 is 1.72 bits per heavy atom. The zero-order valence-corrected chi connectivity index (χ0v) is 18.2. The number of benzene rings is 1. The van der Waals surface area contributed by atoms with Crippen LogP contribution in [0.15, 0.2) is 67.0 Å². The SMILES string of the molecule is Cc1nnn(-c2ccccn2)c1-c1cccnc1-c1ccc(OCCN2CCCC2)cc1. The highest BCUT2D eigenvalue weighted by atomic mass is 16.5. The van der Waals surface area contributed by atoms with Crippen LogP contribution in [0.2, 0.25) is 0 Å². The van der Waals surface area contributed by atoms with Gasteiger partial charge in [0.1, 0.15) is 18.1 Å². The average molecular weight is 427 g/mol. The smallest absolute Gasteiger partial charge is 0.155 e. The van der Waals surface area contributed by atoms with Crippen LogP contribution in [-0.2, 0) is 0 Å². The molecule has 0 atom stereocenters. The fourth-order valence-corrected chi connectivity index (χ4v) is 4.14. The fourth-order valence-electron chi connectivity index (χ4n) is 4.14. The second-order valence-corrected chi connectivity index (χ2v) is 7.94. The summed E-state index contributed by atoms with van der Waals surface area (Å²) in [5, 5.41) is 8.64. The van der Waals surface area contributed by atoms with Crippen LogP contribution in [-0.4, -0.2) is 56.1 Å². The van der Waals surface area contributed by atoms with Crippen LogP contribution in [0.5, 0.6) is 5.75 Å². The van der Waals surface area contributed by atoms with Crippen molar-refractivity contribution >= 4 is 0 Å². The first-order chi connectivity index (χ1) is 15.8. The van der Waals surface area contributed by atoms with Crippen LogP contribution in [0.4, 0.5) is 0 Å². The molecule has 0 N–H and O–H groups in total. The molecule has 7 heteroatoms. The summed E-state index contributed by atoms with van der Waals surface area (Å²) in [4.78, 5) is 11.6. The minimum absolute atomic E-state index is 0.711. The first-order valence-electron chi connectivity index (χ1n) is 11.0. The Morgan fingerprint density at radius 1 is 0.906 bits per heavy atom. The van der Waals surface area contributed by atoms with Gasteiger partial charge in [0.2, 0.25) is 0 Å². The molecule has 0 amide bonds. The summed E-state index contributed by atoms with van der Waals surface area (Å²) in [5.41, 5.74) is 4.56. The van der Waals surface area contributed by atoms with Gasteiger partial charge in [-0.3, -0.25) is 9.88 Å². The molecule has 4 heterocycles. The first kappa shape index (κ1) is 20.3. The third kappa shape index (κ3) is 4.24. The quantitative estimate of drug-likeness (QED) is 0.442. The fraction of sp³-hybridized carbons (Fsp3) is 0.280. The highest BCUT2D eigenvalue weighted by Gasteiger charge is 2.19. The Morgan fingerprint density at radius 3 is 2.50 bits per heavy atom. The van der Waals surface area contributed by atoms with Gasteiger partial charge in [-0.05, 0) is 81.4 Å². The van der Waals surface area contributed by atoms with Crippen molar-refractivity contribution in [1.29, 1.82) is 0 Å². The second-order valence-electron chi connectivity index (χ2n) is 7.94. The van der Waals surface area contributed by atoms with Gasteiger partial charge in [0.05, 0.1) is 11.4 Å². The number of nitrogens with zero attached hydrogens (tertiary/aromatic N) is 6. The Bertz CT molecular complexity index is 1170. The molecule has 1 saturated heterocycles. The Labute approximate surface area is 187 Å². The van der Waals surface area contributed by atoms with Crippen molar-refractivity contribution in [2.45, 2.75) is 19.8 Å². The summed E-state index contributed by atoms with van der Waals surface area (Å²) in [5.74, 6) is 1.60. The predicted octanol–water partition coefficient (Wildman–Crippen LogP) is 4.17. The summed E-state index contributed by atoms with van der Waals surface area (Å²) < 4.78 is 7.73. The molecule has 32 heavy (non-hydrogen) atoms. The molecule has 0 spiro atoms. The van der Waals surface area contributed by atoms with Crippen molar-refractivity contribution in [2.75, 3.05) is 26.2 Å². The lowest BCUT2D eigenvalue weighted by Gasteiger charge is -2.15. The summed E-state index contributed by atoms with van der Waals surface area (Å²) in [6, 6.07) is 17.9. The van der Waals surface area contributed by atoms with E-state index in [0.717, 1.165) is 46.3 Å². The monoisotopic (exact) mass is 426 g/mol. The number of rotatable bonds is 7. The molecule has 1 aliphatic rings. The minimum Gasteiger partial charge on any atom is -0.492 e. The summed E-state index contributed by atoms with van der Waals surface area (Å²) >= 11 is 0. The van der Waals surface area contributed by atoms with Gasteiger partial charge in [-0.15, -0.1) is 5.10 Å². The van der Waals surface area contributed by atoms with E-state index in [1.54, 1.807) is 10.9 Å². The van der Waals surface area contributed by atoms with E-state index in [1.165, 1.54) is 25.9 Å². The summed E-state index contributed by atoms with van der Waals surface area (Å²) in [6.45, 7) is 6.02. The van der Waals surface area contributed by atoms with E-state index in [9.17, 15) is 0 Å². The number of aryl methyl sites for hydroxylation is 1. The van der Waals surface area contributed by atoms with Crippen LogP contribution in [0.3, 0.4) is 0 Å². The second kappa shape index (κ2) is 9.28. The van der Waals surface area contributed by atoms with Crippen molar-refractivity contribution < 1.29 is 4.74 Å². The van der Waals surface area contributed by atoms with Gasteiger partial charge in [-0.1, -0.05) is 11.3 Å². The lowest BCUT2D eigenvalue weighted by Crippen LogP contribution is -2.25. The molecule has 3 aromatic heterocycles. The standard InChI is InChI=1S/C25H26N6O/c1-19-25(31(29-28-19)23-8-2-3-13-26-23)22-7-6-14-27-24(22)20-9-11-21(12-10-20)32-18-17-30-15-4-5-16-30/h2-3,6-14H,4-5,15-18H2,1H3. The number of aromatic nitrogens is 5. The lowest BCUT2D eigenvalue weighted by molar-refractivity contribution is 0.238. The highest BCUT2D eigenvalue weighted by molar-refractivity contribution is 5.80. The van der Waals surface area contributed by atoms with Crippen LogP contribution in [0, 0.1) is 6.92 Å². The number of likely N-dealkylation sites (tertiary alicyclic amines) is 1. The van der Waals surface area contributed by atoms with Crippen molar-refractivity contribution in [3.05, 3.63) is 72.7 Å². The third-order valence-corrected chi connectivity index (χ3v) is 5.77. The molecule has 0 radical (unpaired) electrons. The van der Waals surface area contributed by atoms with Crippen molar-refractivity contribution in [1.82, 2.24) is 29.9 Å². The molecule has 4 aromatic rings. The molecule has 0 unspecified atom stereocenters. The summed E-state index contributed by atoms with van der Waals surface area (Å²) in [6.07, 6.45) is 6.16. The molecular weight excluding hydrogens is 400 g/mol. The molecule has 0 saturated carbocycles. The molecule has 1 aromatic carbocycles. The van der Waals surface area contributed by atoms with Gasteiger partial charge in [0, 0.05) is 30.1 Å². The highest BCUT2D eigenvalue weighted by Crippen LogP contribution is 2.33. The first-order valence-corrected chi connectivity index (χ1v) is 11.0. The van der Waals surface area contributed by atoms with E-state index >= 15 is 0 Å². The molecule has 5 rings (SSSR count). The normalized spacial score (nSPS) is 14.0. The van der Waals surface area contributed by atoms with Gasteiger partial charge in [-0.2, -0.15) is 4.68 Å². The average Bonchev–Trinajstić information content (AvgIpc) is 3.50. The molecule has 162 valence electrons. The van der Waals surface area contributed by atoms with Gasteiger partial charge >= 0.3 is 0 Å². The van der Waals surface area contributed by atoms with E-state index in [0.29, 0.717) is 6.61 Å². The van der Waals surface area contributed by atoms with Crippen molar-refractivity contribution in [3.63, 3.8) is 0 Å². The molecule has 0 bridgehead atoms. The molecular formula is C25H26N6O. The number of hydrogen-bond donors (Lipinski definition) is 0. The molecule has 1 fully saturated rings. The van der Waals surface area contributed by atoms with Gasteiger partial charge in [-0.25, -0.2) is 4.98 Å². The minimum atomic E-state index is 0.711. The molecule has 1 aliphatic heterocycles. The largest absolute Gasteiger partial charge is 0.492 e.